The van der Waals surface area contributed by atoms with Gasteiger partial charge in [-0.2, -0.15) is 0 Å². The molecule has 40 heavy (non-hydrogen) atoms. The van der Waals surface area contributed by atoms with Crippen LogP contribution in [0, 0.1) is 5.41 Å². The zero-order valence-corrected chi connectivity index (χ0v) is 25.9. The lowest BCUT2D eigenvalue weighted by molar-refractivity contribution is 0.186. The Bertz CT molecular complexity index is 1390. The Morgan fingerprint density at radius 1 is 1.20 bits per heavy atom. The molecule has 1 saturated heterocycles. The van der Waals surface area contributed by atoms with Gasteiger partial charge >= 0.3 is 0 Å². The molecule has 0 amide bonds. The number of ether oxygens (including phenoxy) is 1. The van der Waals surface area contributed by atoms with Gasteiger partial charge in [-0.15, -0.1) is 4.72 Å². The number of fused-ring (bicyclic) bond motifs is 1. The van der Waals surface area contributed by atoms with Crippen molar-refractivity contribution in [2.24, 2.45) is 5.41 Å². The Kier molecular flexibility index (Phi) is 8.99. The van der Waals surface area contributed by atoms with Crippen LogP contribution in [-0.2, 0) is 22.6 Å². The Morgan fingerprint density at radius 3 is 2.65 bits per heavy atom. The maximum Gasteiger partial charge on any atom is 0.262 e. The number of halogens is 1. The lowest BCUT2D eigenvalue weighted by atomic mass is 9.74. The Labute approximate surface area is 247 Å². The molecule has 2 aromatic heterocycles. The number of nitrogens with one attached hydrogen (secondary N) is 1. The van der Waals surface area contributed by atoms with Crippen molar-refractivity contribution in [3.05, 3.63) is 46.2 Å². The van der Waals surface area contributed by atoms with E-state index in [4.69, 9.17) is 21.3 Å². The second-order valence-electron chi connectivity index (χ2n) is 11.6. The molecule has 1 aliphatic carbocycles. The maximum atomic E-state index is 13.0. The number of nitrogens with zero attached hydrogens (tertiary/aromatic N) is 5. The number of aromatic nitrogens is 4. The van der Waals surface area contributed by atoms with Crippen LogP contribution in [0.3, 0.4) is 0 Å². The second-order valence-corrected chi connectivity index (χ2v) is 15.1. The van der Waals surface area contributed by atoms with Gasteiger partial charge in [0.1, 0.15) is 15.6 Å². The van der Waals surface area contributed by atoms with Gasteiger partial charge in [0, 0.05) is 36.5 Å². The predicted octanol–water partition coefficient (Wildman–Crippen LogP) is 4.83. The first-order valence-electron chi connectivity index (χ1n) is 13.7. The fourth-order valence-corrected chi connectivity index (χ4v) is 7.76. The molecule has 1 aromatic carbocycles. The number of benzene rings is 1. The normalized spacial score (nSPS) is 19.9. The molecule has 216 valence electrons. The summed E-state index contributed by atoms with van der Waals surface area (Å²) in [6.45, 7) is 8.69. The minimum Gasteiger partial charge on any atom is -0.598 e. The van der Waals surface area contributed by atoms with Crippen LogP contribution in [0.1, 0.15) is 52.9 Å². The maximum absolute atomic E-state index is 13.0. The molecule has 1 unspecified atom stereocenters. The topological polar surface area (TPSA) is 108 Å². The fourth-order valence-electron chi connectivity index (χ4n) is 5.66. The van der Waals surface area contributed by atoms with E-state index in [-0.39, 0.29) is 15.7 Å². The van der Waals surface area contributed by atoms with Crippen molar-refractivity contribution in [1.29, 1.82) is 0 Å². The van der Waals surface area contributed by atoms with Crippen LogP contribution in [0.25, 0.3) is 10.9 Å². The monoisotopic (exact) mass is 604 g/mol. The first-order valence-corrected chi connectivity index (χ1v) is 16.1. The molecule has 0 radical (unpaired) electrons. The summed E-state index contributed by atoms with van der Waals surface area (Å²) in [6.07, 6.45) is 10.6. The van der Waals surface area contributed by atoms with Crippen molar-refractivity contribution in [1.82, 2.24) is 24.2 Å². The molecule has 1 saturated carbocycles. The Hall–Kier alpha value is -1.89. The van der Waals surface area contributed by atoms with Crippen LogP contribution >= 0.6 is 23.4 Å². The molecule has 1 spiro atoms. The quantitative estimate of drug-likeness (QED) is 0.362. The van der Waals surface area contributed by atoms with Gasteiger partial charge in [-0.1, -0.05) is 29.8 Å². The van der Waals surface area contributed by atoms with E-state index in [1.165, 1.54) is 35.5 Å². The molecule has 3 heterocycles. The molecule has 2 fully saturated rings. The standard InChI is InChI=1S/C28H37ClN6O3S2/c1-27(2,3)40(37)33-21-6-5-9-28(21)10-12-34(13-11-28)22-16-31-23(17-30-22)39-20-8-7-19-24(25(20)29)26(36)35(18-32-19)14-15-38-4/h7-8,16-18,21,33H,5-6,9-15H2,1-4H3/t21-,40?/m1/s1. The molecular formula is C28H37ClN6O3S2. The number of methoxy groups -OCH3 is 1. The zero-order chi connectivity index (χ0) is 28.5. The third-order valence-electron chi connectivity index (χ3n) is 8.06. The summed E-state index contributed by atoms with van der Waals surface area (Å²) in [5.41, 5.74) is 0.564. The van der Waals surface area contributed by atoms with Crippen molar-refractivity contribution in [2.75, 3.05) is 31.7 Å². The third kappa shape index (κ3) is 6.15. The third-order valence-corrected chi connectivity index (χ3v) is 11.2. The minimum absolute atomic E-state index is 0.192. The van der Waals surface area contributed by atoms with Crippen LogP contribution < -0.4 is 15.2 Å². The average Bonchev–Trinajstić information content (AvgIpc) is 3.31. The molecule has 2 aliphatic rings. The van der Waals surface area contributed by atoms with Gasteiger partial charge in [0.05, 0.1) is 53.8 Å². The van der Waals surface area contributed by atoms with Crippen LogP contribution in [0.4, 0.5) is 5.82 Å². The Morgan fingerprint density at radius 2 is 1.98 bits per heavy atom. The number of piperidine rings is 1. The molecule has 9 nitrogen and oxygen atoms in total. The molecule has 3 aromatic rings. The summed E-state index contributed by atoms with van der Waals surface area (Å²) in [5.74, 6) is 0.856. The van der Waals surface area contributed by atoms with Crippen molar-refractivity contribution in [3.8, 4) is 0 Å². The van der Waals surface area contributed by atoms with Crippen molar-refractivity contribution >= 4 is 51.4 Å². The molecule has 5 rings (SSSR count). The largest absolute Gasteiger partial charge is 0.598 e. The van der Waals surface area contributed by atoms with Crippen LogP contribution in [0.2, 0.25) is 5.02 Å². The van der Waals surface area contributed by atoms with Gasteiger partial charge in [0.25, 0.3) is 5.56 Å². The van der Waals surface area contributed by atoms with E-state index in [0.29, 0.717) is 40.1 Å². The smallest absolute Gasteiger partial charge is 0.262 e. The average molecular weight is 605 g/mol. The van der Waals surface area contributed by atoms with Gasteiger partial charge in [-0.3, -0.25) is 9.36 Å². The van der Waals surface area contributed by atoms with Crippen LogP contribution in [0.5, 0.6) is 0 Å². The van der Waals surface area contributed by atoms with E-state index in [9.17, 15) is 9.35 Å². The summed E-state index contributed by atoms with van der Waals surface area (Å²) in [7, 11) is 1.59. The lowest BCUT2D eigenvalue weighted by Gasteiger charge is -2.44. The van der Waals surface area contributed by atoms with E-state index < -0.39 is 11.4 Å². The van der Waals surface area contributed by atoms with Crippen LogP contribution in [-0.4, -0.2) is 61.7 Å². The van der Waals surface area contributed by atoms with E-state index in [1.807, 2.05) is 33.0 Å². The van der Waals surface area contributed by atoms with Crippen LogP contribution in [0.15, 0.2) is 45.6 Å². The molecule has 1 aliphatic heterocycles. The number of hydrogen-bond acceptors (Lipinski definition) is 9. The summed E-state index contributed by atoms with van der Waals surface area (Å²) < 4.78 is 22.6. The first-order chi connectivity index (χ1) is 19.1. The van der Waals surface area contributed by atoms with Crippen molar-refractivity contribution in [2.45, 2.75) is 80.1 Å². The van der Waals surface area contributed by atoms with Gasteiger partial charge in [0.15, 0.2) is 0 Å². The second kappa shape index (κ2) is 12.1. The zero-order valence-electron chi connectivity index (χ0n) is 23.5. The van der Waals surface area contributed by atoms with Gasteiger partial charge in [-0.05, 0) is 64.0 Å². The highest BCUT2D eigenvalue weighted by atomic mass is 35.5. The van der Waals surface area contributed by atoms with Gasteiger partial charge < -0.3 is 14.2 Å². The van der Waals surface area contributed by atoms with Gasteiger partial charge in [0.2, 0.25) is 0 Å². The van der Waals surface area contributed by atoms with Crippen molar-refractivity contribution < 1.29 is 9.29 Å². The van der Waals surface area contributed by atoms with E-state index in [2.05, 4.69) is 19.6 Å². The summed E-state index contributed by atoms with van der Waals surface area (Å²) in [5, 5.41) is 1.46. The first kappa shape index (κ1) is 29.6. The number of anilines is 1. The molecular weight excluding hydrogens is 568 g/mol. The predicted molar refractivity (Wildman–Crippen MR) is 162 cm³/mol. The summed E-state index contributed by atoms with van der Waals surface area (Å²) in [6, 6.07) is 3.96. The lowest BCUT2D eigenvalue weighted by Crippen LogP contribution is -2.53. The van der Waals surface area contributed by atoms with E-state index >= 15 is 0 Å². The van der Waals surface area contributed by atoms with Crippen molar-refractivity contribution in [3.63, 3.8) is 0 Å². The number of hydrogen-bond donors (Lipinski definition) is 1. The molecule has 2 atom stereocenters. The fraction of sp³-hybridized carbons (Fsp3) is 0.571. The van der Waals surface area contributed by atoms with Gasteiger partial charge in [-0.25, -0.2) is 15.0 Å². The Balaban J connectivity index is 1.25. The summed E-state index contributed by atoms with van der Waals surface area (Å²) >= 11 is 7.02. The summed E-state index contributed by atoms with van der Waals surface area (Å²) in [4.78, 5) is 29.8. The van der Waals surface area contributed by atoms with E-state index in [1.54, 1.807) is 19.4 Å². The molecule has 12 heteroatoms. The highest BCUT2D eigenvalue weighted by molar-refractivity contribution is 7.99. The SMILES string of the molecule is COCCn1cnc2ccc(Sc3cnc(N4CCC5(CCC[C@H]5N[S+]([O-])C(C)(C)C)CC4)cn3)c(Cl)c2c1=O. The highest BCUT2D eigenvalue weighted by Crippen LogP contribution is 2.47. The number of rotatable bonds is 8. The minimum atomic E-state index is -1.06. The van der Waals surface area contributed by atoms with E-state index in [0.717, 1.165) is 43.1 Å². The molecule has 0 bridgehead atoms. The highest BCUT2D eigenvalue weighted by Gasteiger charge is 2.47. The molecule has 1 N–H and O–H groups in total.